The van der Waals surface area contributed by atoms with E-state index < -0.39 is 71.5 Å². The first-order valence-corrected chi connectivity index (χ1v) is 49.2. The minimum atomic E-state index is -2.60. The topological polar surface area (TPSA) is 51.6 Å². The number of aromatic nitrogens is 4. The van der Waals surface area contributed by atoms with E-state index in [1.54, 1.807) is 0 Å². The molecular weight excluding hydrogens is 1990 g/mol. The van der Waals surface area contributed by atoms with Crippen molar-refractivity contribution in [3.05, 3.63) is 190 Å². The number of hydrogen-bond acceptors (Lipinski definition) is 4. The molecule has 4 aromatic carbocycles. The average Bonchev–Trinajstić information content (AvgIpc) is 1.20. The summed E-state index contributed by atoms with van der Waals surface area (Å²) in [5.74, 6) is -0.504. The molecule has 4 heterocycles. The van der Waals surface area contributed by atoms with Crippen LogP contribution in [-0.2, 0) is 110 Å². The molecular formula is C88H124Ir4N4Si4-4. The van der Waals surface area contributed by atoms with E-state index in [0.717, 1.165) is 125 Å². The first kappa shape index (κ1) is 70.0. The van der Waals surface area contributed by atoms with Gasteiger partial charge in [0.25, 0.3) is 0 Å². The second-order valence-electron chi connectivity index (χ2n) is 34.6. The Kier molecular flexibility index (Phi) is 26.9. The van der Waals surface area contributed by atoms with Gasteiger partial charge in [0.2, 0.25) is 0 Å². The summed E-state index contributed by atoms with van der Waals surface area (Å²) >= 11 is 0. The normalized spacial score (nSPS) is 16.8. The van der Waals surface area contributed by atoms with E-state index in [0.29, 0.717) is 5.19 Å². The van der Waals surface area contributed by atoms with Crippen molar-refractivity contribution in [1.82, 2.24) is 19.9 Å². The SMILES string of the molecule is CC(C)(C)Cc1cc(-c2[c-]ccc(C(C)(C)C)c2)ncc1[Si](C)(C)C.[2H]C(C)(C)c1cc[c-]c(-c2cc(C([2H])([2H])C3CCCC3)c([Si](C)(C)C)cn2)c1.[2H]C([2H])([2H])c1c[c-]c(-c2cc(C([2H])([2H])[2H])c([Si](C)(C)C)cn2)c(C([2H])([2H])[2H])c1.[2H]C([2H])(c1cc(-c2[c-]ccc(C(C)(C)C)c2)ncc1[Si](C)(C)C)C1CCCCC1.[Ir].[Ir].[Ir].[Ir]. The summed E-state index contributed by atoms with van der Waals surface area (Å²) in [5, 5.41) is 4.43. The molecule has 10 rings (SSSR count). The fourth-order valence-electron chi connectivity index (χ4n) is 12.4. The van der Waals surface area contributed by atoms with Crippen LogP contribution in [0.25, 0.3) is 45.0 Å². The Morgan fingerprint density at radius 1 is 0.450 bits per heavy atom. The number of pyridine rings is 4. The molecule has 0 aliphatic heterocycles. The van der Waals surface area contributed by atoms with Crippen molar-refractivity contribution in [2.45, 2.75) is 269 Å². The van der Waals surface area contributed by atoms with E-state index in [1.165, 1.54) is 46.6 Å². The van der Waals surface area contributed by atoms with Crippen LogP contribution in [-0.4, -0.2) is 52.2 Å². The van der Waals surface area contributed by atoms with E-state index >= 15 is 0 Å². The van der Waals surface area contributed by atoms with Gasteiger partial charge in [-0.15, -0.1) is 141 Å². The van der Waals surface area contributed by atoms with Crippen LogP contribution in [0, 0.1) is 62.1 Å². The van der Waals surface area contributed by atoms with Crippen molar-refractivity contribution in [3.63, 3.8) is 0 Å². The summed E-state index contributed by atoms with van der Waals surface area (Å²) in [5.41, 5.74) is 12.7. The van der Waals surface area contributed by atoms with Gasteiger partial charge in [0.1, 0.15) is 0 Å². The maximum Gasteiger partial charge on any atom is 0.0798 e. The Labute approximate surface area is 688 Å². The van der Waals surface area contributed by atoms with Gasteiger partial charge in [-0.2, -0.15) is 0 Å². The summed E-state index contributed by atoms with van der Waals surface area (Å²) in [6.45, 7) is 43.5. The standard InChI is InChI=1S/C25H36NSi.C23H32NSi.C23H34NSi.C17H22NSi.4Ir/c1-25(2,3)22-14-10-13-20(16-22)23-17-21(15-19-11-8-7-9-12-19)24(18-26-23)27(4,5)6;1-17(2)19-11-8-12-20(14-19)22-15-21(13-18-9-6-7-10-18)23(16-24-22)25(3,4)5;1-22(2,3)15-18-14-20(24-16-21(18)25(7,8)9)17-11-10-12-19(13-17)23(4,5)6;1-12-7-8-15(13(2)9-12)16-10-14(3)17(11-18-16)19(4,5)6;;;;/h10,14,16-19H,7-9,11-12,15H2,1-6H3;8,11,14-18H,6-7,9-10,13H2,1-5H3;10,12-14,16H,15H2,1-9H3;7,9-11H,1-6H3;;;;/q4*-1;;;;/i15D2;13D2,17D;;1D3,2D3,3D3;;;;. The summed E-state index contributed by atoms with van der Waals surface area (Å²) < 4.78 is 114. The quantitative estimate of drug-likeness (QED) is 0.0804. The van der Waals surface area contributed by atoms with E-state index in [9.17, 15) is 0 Å². The predicted molar refractivity (Wildman–Crippen MR) is 431 cm³/mol. The minimum Gasteiger partial charge on any atom is -0.305 e. The molecule has 2 saturated carbocycles. The Morgan fingerprint density at radius 3 is 1.22 bits per heavy atom. The minimum absolute atomic E-state index is 0. The molecule has 4 radical (unpaired) electrons. The number of benzene rings is 4. The molecule has 2 aliphatic rings. The number of hydrogen-bond donors (Lipinski definition) is 0. The molecule has 0 amide bonds. The molecule has 0 unspecified atom stereocenters. The first-order chi connectivity index (χ1) is 50.0. The molecule has 0 N–H and O–H groups in total. The molecule has 8 aromatic rings. The van der Waals surface area contributed by atoms with Crippen LogP contribution in [0.5, 0.6) is 0 Å². The van der Waals surface area contributed by atoms with Crippen LogP contribution < -0.4 is 20.7 Å². The summed E-state index contributed by atoms with van der Waals surface area (Å²) in [6.07, 6.45) is 15.6. The summed E-state index contributed by atoms with van der Waals surface area (Å²) in [7, 11) is -6.90. The van der Waals surface area contributed by atoms with Gasteiger partial charge >= 0.3 is 0 Å². The smallest absolute Gasteiger partial charge is 0.0798 e. The molecule has 4 nitrogen and oxygen atoms in total. The van der Waals surface area contributed by atoms with Crippen molar-refractivity contribution in [2.24, 2.45) is 17.3 Å². The average molecular weight is 2130 g/mol. The Hall–Kier alpha value is -3.06. The van der Waals surface area contributed by atoms with Crippen LogP contribution in [0.1, 0.15) is 209 Å². The largest absolute Gasteiger partial charge is 0.305 e. The molecule has 100 heavy (non-hydrogen) atoms. The monoisotopic (exact) mass is 2130 g/mol. The van der Waals surface area contributed by atoms with E-state index in [2.05, 4.69) is 187 Å². The molecule has 0 bridgehead atoms. The van der Waals surface area contributed by atoms with Gasteiger partial charge in [-0.05, 0) is 104 Å². The van der Waals surface area contributed by atoms with Crippen LogP contribution in [0.2, 0.25) is 78.6 Å². The van der Waals surface area contributed by atoms with E-state index in [4.69, 9.17) is 34.1 Å². The van der Waals surface area contributed by atoms with Crippen molar-refractivity contribution >= 4 is 53.0 Å². The van der Waals surface area contributed by atoms with Gasteiger partial charge < -0.3 is 19.9 Å². The van der Waals surface area contributed by atoms with Gasteiger partial charge in [-0.3, -0.25) is 0 Å². The van der Waals surface area contributed by atoms with Crippen molar-refractivity contribution in [2.75, 3.05) is 0 Å². The summed E-state index contributed by atoms with van der Waals surface area (Å²) in [6, 6.07) is 41.2. The number of aryl methyl sites for hydroxylation is 3. The Balaban J connectivity index is 0.000000389. The second kappa shape index (κ2) is 38.5. The molecule has 0 saturated heterocycles. The fourth-order valence-corrected chi connectivity index (χ4v) is 18.1. The van der Waals surface area contributed by atoms with Gasteiger partial charge in [0.05, 0.1) is 32.3 Å². The zero-order chi connectivity index (χ0) is 82.9. The molecule has 0 atom stereocenters. The van der Waals surface area contributed by atoms with Crippen molar-refractivity contribution in [3.8, 4) is 45.0 Å². The van der Waals surface area contributed by atoms with Crippen LogP contribution in [0.3, 0.4) is 0 Å². The van der Waals surface area contributed by atoms with Crippen LogP contribution in [0.4, 0.5) is 0 Å². The zero-order valence-electron chi connectivity index (χ0n) is 78.3. The molecule has 552 valence electrons. The van der Waals surface area contributed by atoms with E-state index in [1.807, 2.05) is 88.3 Å². The Bertz CT molecular complexity index is 4480. The Morgan fingerprint density at radius 2 is 0.830 bits per heavy atom. The fraction of sp³-hybridized carbons (Fsp3) is 0.500. The van der Waals surface area contributed by atoms with Crippen LogP contribution >= 0.6 is 0 Å². The first-order valence-electron chi connectivity index (χ1n) is 42.2. The van der Waals surface area contributed by atoms with Gasteiger partial charge in [-0.25, -0.2) is 0 Å². The number of nitrogens with zero attached hydrogens (tertiary/aromatic N) is 4. The van der Waals surface area contributed by atoms with Gasteiger partial charge in [0.15, 0.2) is 0 Å². The molecule has 2 fully saturated rings. The predicted octanol–water partition coefficient (Wildman–Crippen LogP) is 22.5. The molecule has 4 aromatic heterocycles. The third kappa shape index (κ3) is 27.1. The van der Waals surface area contributed by atoms with Crippen molar-refractivity contribution in [1.29, 1.82) is 0 Å². The van der Waals surface area contributed by atoms with Gasteiger partial charge in [-0.1, -0.05) is 273 Å². The second-order valence-corrected chi connectivity index (χ2v) is 54.7. The third-order valence-electron chi connectivity index (χ3n) is 18.1. The molecule has 2 aliphatic carbocycles. The van der Waals surface area contributed by atoms with E-state index in [-0.39, 0.29) is 136 Å². The number of rotatable bonds is 14. The zero-order valence-corrected chi connectivity index (χ0v) is 77.9. The summed E-state index contributed by atoms with van der Waals surface area (Å²) in [4.78, 5) is 18.7. The van der Waals surface area contributed by atoms with Crippen molar-refractivity contribution < 1.29 is 99.6 Å². The maximum absolute atomic E-state index is 9.13. The molecule has 0 spiro atoms. The van der Waals surface area contributed by atoms with Crippen LogP contribution in [0.15, 0.2) is 116 Å². The molecule has 12 heteroatoms. The van der Waals surface area contributed by atoms with Gasteiger partial charge in [0, 0.05) is 124 Å². The third-order valence-corrected chi connectivity index (χ3v) is 26.2. The maximum atomic E-state index is 9.13.